The molecule has 0 spiro atoms. The quantitative estimate of drug-likeness (QED) is 0.490. The average Bonchev–Trinajstić information content (AvgIpc) is 2.69. The van der Waals surface area contributed by atoms with Crippen LogP contribution in [0.25, 0.3) is 0 Å². The van der Waals surface area contributed by atoms with E-state index in [0.717, 1.165) is 11.1 Å². The highest BCUT2D eigenvalue weighted by Crippen LogP contribution is 2.14. The summed E-state index contributed by atoms with van der Waals surface area (Å²) in [5.41, 5.74) is 5.78. The van der Waals surface area contributed by atoms with Crippen LogP contribution in [0.15, 0.2) is 77.9 Å². The molecule has 0 aliphatic heterocycles. The third kappa shape index (κ3) is 5.05. The summed E-state index contributed by atoms with van der Waals surface area (Å²) in [5.74, 6) is -0.545. The second-order valence-electron chi connectivity index (χ2n) is 6.10. The lowest BCUT2D eigenvalue weighted by Crippen LogP contribution is -2.18. The van der Waals surface area contributed by atoms with E-state index in [1.54, 1.807) is 48.5 Å². The molecule has 28 heavy (non-hydrogen) atoms. The Kier molecular flexibility index (Phi) is 6.19. The Labute approximate surface area is 168 Å². The standard InChI is InChI=1S/C22H18ClN3O2/c1-15-5-2-3-8-20(15)22(28)25-19-11-9-17(10-12-19)21(27)26-24-14-16-6-4-7-18(23)13-16/h2-14H,1H3,(H,25,28)(H,26,27). The number of carbonyl (C=O) groups is 2. The Bertz CT molecular complexity index is 1030. The zero-order chi connectivity index (χ0) is 19.9. The number of nitrogens with one attached hydrogen (secondary N) is 2. The van der Waals surface area contributed by atoms with Gasteiger partial charge in [-0.1, -0.05) is 41.9 Å². The Balaban J connectivity index is 1.60. The van der Waals surface area contributed by atoms with Gasteiger partial charge >= 0.3 is 0 Å². The number of aryl methyl sites for hydroxylation is 1. The maximum absolute atomic E-state index is 12.3. The van der Waals surface area contributed by atoms with Crippen molar-refractivity contribution < 1.29 is 9.59 Å². The fourth-order valence-electron chi connectivity index (χ4n) is 2.55. The fraction of sp³-hybridized carbons (Fsp3) is 0.0455. The predicted molar refractivity (Wildman–Crippen MR) is 112 cm³/mol. The average molecular weight is 392 g/mol. The second-order valence-corrected chi connectivity index (χ2v) is 6.54. The van der Waals surface area contributed by atoms with Crippen molar-refractivity contribution in [3.8, 4) is 0 Å². The van der Waals surface area contributed by atoms with Gasteiger partial charge in [0.05, 0.1) is 6.21 Å². The highest BCUT2D eigenvalue weighted by atomic mass is 35.5. The molecule has 140 valence electrons. The molecule has 2 N–H and O–H groups in total. The Morgan fingerprint density at radius 1 is 0.929 bits per heavy atom. The van der Waals surface area contributed by atoms with Crippen molar-refractivity contribution in [3.05, 3.63) is 100 Å². The van der Waals surface area contributed by atoms with Gasteiger partial charge in [0.2, 0.25) is 0 Å². The molecule has 5 nitrogen and oxygen atoms in total. The first-order chi connectivity index (χ1) is 13.5. The van der Waals surface area contributed by atoms with Gasteiger partial charge in [-0.05, 0) is 60.5 Å². The van der Waals surface area contributed by atoms with Crippen LogP contribution in [0.4, 0.5) is 5.69 Å². The predicted octanol–water partition coefficient (Wildman–Crippen LogP) is 4.66. The van der Waals surface area contributed by atoms with Crippen LogP contribution < -0.4 is 10.7 Å². The molecule has 0 aliphatic rings. The van der Waals surface area contributed by atoms with Crippen LogP contribution in [-0.4, -0.2) is 18.0 Å². The maximum atomic E-state index is 12.3. The van der Waals surface area contributed by atoms with E-state index < -0.39 is 0 Å². The molecule has 0 radical (unpaired) electrons. The van der Waals surface area contributed by atoms with E-state index in [-0.39, 0.29) is 11.8 Å². The molecule has 2 amide bonds. The molecule has 3 aromatic rings. The smallest absolute Gasteiger partial charge is 0.271 e. The number of anilines is 1. The Hall–Kier alpha value is -3.44. The number of hydrogen-bond donors (Lipinski definition) is 2. The van der Waals surface area contributed by atoms with Crippen LogP contribution in [0, 0.1) is 6.92 Å². The first-order valence-corrected chi connectivity index (χ1v) is 8.97. The van der Waals surface area contributed by atoms with Gasteiger partial charge in [-0.25, -0.2) is 5.43 Å². The number of benzene rings is 3. The molecule has 0 heterocycles. The van der Waals surface area contributed by atoms with E-state index >= 15 is 0 Å². The summed E-state index contributed by atoms with van der Waals surface area (Å²) >= 11 is 5.90. The van der Waals surface area contributed by atoms with Gasteiger partial charge in [0.15, 0.2) is 0 Å². The zero-order valence-electron chi connectivity index (χ0n) is 15.1. The Morgan fingerprint density at radius 3 is 2.39 bits per heavy atom. The minimum Gasteiger partial charge on any atom is -0.322 e. The van der Waals surface area contributed by atoms with Gasteiger partial charge in [-0.3, -0.25) is 9.59 Å². The number of hydrogen-bond acceptors (Lipinski definition) is 3. The van der Waals surface area contributed by atoms with E-state index in [9.17, 15) is 9.59 Å². The highest BCUT2D eigenvalue weighted by molar-refractivity contribution is 6.30. The summed E-state index contributed by atoms with van der Waals surface area (Å²) in [6.07, 6.45) is 1.51. The number of halogens is 1. The van der Waals surface area contributed by atoms with Crippen LogP contribution >= 0.6 is 11.6 Å². The Morgan fingerprint density at radius 2 is 1.68 bits per heavy atom. The summed E-state index contributed by atoms with van der Waals surface area (Å²) in [6.45, 7) is 1.88. The van der Waals surface area contributed by atoms with Gasteiger partial charge in [0.25, 0.3) is 11.8 Å². The number of carbonyl (C=O) groups excluding carboxylic acids is 2. The third-order valence-corrected chi connectivity index (χ3v) is 4.26. The number of nitrogens with zero attached hydrogens (tertiary/aromatic N) is 1. The van der Waals surface area contributed by atoms with E-state index in [1.807, 2.05) is 31.2 Å². The SMILES string of the molecule is Cc1ccccc1C(=O)Nc1ccc(C(=O)NN=Cc2cccc(Cl)c2)cc1. The second kappa shape index (κ2) is 8.97. The van der Waals surface area contributed by atoms with Gasteiger partial charge in [0.1, 0.15) is 0 Å². The molecule has 0 unspecified atom stereocenters. The minimum absolute atomic E-state index is 0.193. The van der Waals surface area contributed by atoms with Crippen LogP contribution in [-0.2, 0) is 0 Å². The van der Waals surface area contributed by atoms with Crippen LogP contribution in [0.2, 0.25) is 5.02 Å². The van der Waals surface area contributed by atoms with Crippen LogP contribution in [0.5, 0.6) is 0 Å². The molecule has 3 rings (SSSR count). The van der Waals surface area contributed by atoms with Crippen LogP contribution in [0.3, 0.4) is 0 Å². The minimum atomic E-state index is -0.352. The van der Waals surface area contributed by atoms with E-state index in [4.69, 9.17) is 11.6 Å². The molecule has 0 aromatic heterocycles. The summed E-state index contributed by atoms with van der Waals surface area (Å²) in [5, 5.41) is 7.34. The van der Waals surface area contributed by atoms with Gasteiger partial charge in [0, 0.05) is 21.8 Å². The number of hydrazone groups is 1. The lowest BCUT2D eigenvalue weighted by Gasteiger charge is -2.08. The fourth-order valence-corrected chi connectivity index (χ4v) is 2.75. The van der Waals surface area contributed by atoms with Crippen molar-refractivity contribution in [2.45, 2.75) is 6.92 Å². The van der Waals surface area contributed by atoms with E-state index in [2.05, 4.69) is 15.8 Å². The van der Waals surface area contributed by atoms with Gasteiger partial charge in [-0.2, -0.15) is 5.10 Å². The molecule has 3 aromatic carbocycles. The number of amides is 2. The maximum Gasteiger partial charge on any atom is 0.271 e. The lowest BCUT2D eigenvalue weighted by atomic mass is 10.1. The molecule has 0 bridgehead atoms. The highest BCUT2D eigenvalue weighted by Gasteiger charge is 2.09. The molecule has 0 saturated heterocycles. The van der Waals surface area contributed by atoms with Gasteiger partial charge < -0.3 is 5.32 Å². The normalized spacial score (nSPS) is 10.6. The van der Waals surface area contributed by atoms with Crippen molar-refractivity contribution in [2.24, 2.45) is 5.10 Å². The lowest BCUT2D eigenvalue weighted by molar-refractivity contribution is 0.0954. The summed E-state index contributed by atoms with van der Waals surface area (Å²) in [4.78, 5) is 24.5. The molecule has 6 heteroatoms. The summed E-state index contributed by atoms with van der Waals surface area (Å²) in [6, 6.07) is 21.1. The summed E-state index contributed by atoms with van der Waals surface area (Å²) in [7, 11) is 0. The van der Waals surface area contributed by atoms with E-state index in [1.165, 1.54) is 6.21 Å². The number of rotatable bonds is 5. The molecule has 0 saturated carbocycles. The monoisotopic (exact) mass is 391 g/mol. The van der Waals surface area contributed by atoms with Crippen molar-refractivity contribution in [2.75, 3.05) is 5.32 Å². The first-order valence-electron chi connectivity index (χ1n) is 8.59. The molecular formula is C22H18ClN3O2. The first kappa shape index (κ1) is 19.3. The van der Waals surface area contributed by atoms with E-state index in [0.29, 0.717) is 21.8 Å². The van der Waals surface area contributed by atoms with Crippen molar-refractivity contribution in [1.82, 2.24) is 5.43 Å². The zero-order valence-corrected chi connectivity index (χ0v) is 15.9. The summed E-state index contributed by atoms with van der Waals surface area (Å²) < 4.78 is 0. The third-order valence-electron chi connectivity index (χ3n) is 4.02. The van der Waals surface area contributed by atoms with Crippen molar-refractivity contribution in [1.29, 1.82) is 0 Å². The van der Waals surface area contributed by atoms with Gasteiger partial charge in [-0.15, -0.1) is 0 Å². The molecule has 0 aliphatic carbocycles. The van der Waals surface area contributed by atoms with Crippen molar-refractivity contribution in [3.63, 3.8) is 0 Å². The topological polar surface area (TPSA) is 70.6 Å². The molecule has 0 atom stereocenters. The molecule has 0 fully saturated rings. The van der Waals surface area contributed by atoms with Crippen molar-refractivity contribution >= 4 is 35.3 Å². The largest absolute Gasteiger partial charge is 0.322 e. The van der Waals surface area contributed by atoms with Crippen LogP contribution in [0.1, 0.15) is 31.8 Å². The molecular weight excluding hydrogens is 374 g/mol.